The molecule has 0 bridgehead atoms. The summed E-state index contributed by atoms with van der Waals surface area (Å²) >= 11 is 0. The van der Waals surface area contributed by atoms with Crippen LogP contribution in [0.3, 0.4) is 0 Å². The molecule has 0 radical (unpaired) electrons. The van der Waals surface area contributed by atoms with Crippen LogP contribution in [0.4, 0.5) is 0 Å². The summed E-state index contributed by atoms with van der Waals surface area (Å²) in [6, 6.07) is 5.02. The summed E-state index contributed by atoms with van der Waals surface area (Å²) in [5.41, 5.74) is 0.167. The Hall–Kier alpha value is -0.645. The van der Waals surface area contributed by atoms with Crippen molar-refractivity contribution in [2.45, 2.75) is 0 Å². The van der Waals surface area contributed by atoms with Crippen LogP contribution in [0.15, 0.2) is 24.3 Å². The molecule has 0 aromatic heterocycles. The molecular weight excluding hydrogens is 174 g/mol. The Morgan fingerprint density at radius 1 is 0.857 bits per heavy atom. The van der Waals surface area contributed by atoms with E-state index in [2.05, 4.69) is 0 Å². The third-order valence-corrected chi connectivity index (χ3v) is 1.38. The normalized spacial score (nSPS) is 8.00. The molecule has 0 atom stereocenters. The van der Waals surface area contributed by atoms with Crippen LogP contribution in [0.25, 0.3) is 0 Å². The molecule has 1 aromatic carbocycles. The second kappa shape index (κ2) is 6.76. The molecule has 2 N–H and O–H groups in total. The van der Waals surface area contributed by atoms with E-state index < -0.39 is 11.9 Å². The Bertz CT molecular complexity index is 296. The number of hydrogen-bond donors (Lipinski definition) is 2. The van der Waals surface area contributed by atoms with Gasteiger partial charge < -0.3 is 13.1 Å². The van der Waals surface area contributed by atoms with Gasteiger partial charge in [0.25, 0.3) is 0 Å². The van der Waals surface area contributed by atoms with Crippen molar-refractivity contribution in [2.75, 3.05) is 0 Å². The minimum absolute atomic E-state index is 0. The van der Waals surface area contributed by atoms with Crippen LogP contribution < -0.4 is 37.7 Å². The zero-order valence-corrected chi connectivity index (χ0v) is 8.02. The van der Waals surface area contributed by atoms with Crippen molar-refractivity contribution in [3.63, 3.8) is 0 Å². The number of benzene rings is 1. The van der Waals surface area contributed by atoms with E-state index in [1.54, 1.807) is 0 Å². The fourth-order valence-corrected chi connectivity index (χ4v) is 0.755. The van der Waals surface area contributed by atoms with Gasteiger partial charge in [0.05, 0.1) is 11.1 Å². The van der Waals surface area contributed by atoms with Gasteiger partial charge in [-0.2, -0.15) is 0 Å². The summed E-state index contributed by atoms with van der Waals surface area (Å²) in [4.78, 5) is 20.7. The molecule has 0 aliphatic carbocycles. The van der Waals surface area contributed by atoms with Gasteiger partial charge in [-0.25, -0.2) is 9.59 Å². The fraction of sp³-hybridized carbons (Fsp3) is 0. The van der Waals surface area contributed by atoms with E-state index in [9.17, 15) is 9.59 Å². The smallest absolute Gasteiger partial charge is 1.00 e. The van der Waals surface area contributed by atoms with Crippen molar-refractivity contribution in [1.29, 1.82) is 0 Å². The van der Waals surface area contributed by atoms with Crippen molar-refractivity contribution in [1.82, 2.24) is 0 Å². The van der Waals surface area contributed by atoms with Crippen molar-refractivity contribution < 1.29 is 60.4 Å². The predicted octanol–water partition coefficient (Wildman–Crippen LogP) is -4.68. The molecule has 0 spiro atoms. The van der Waals surface area contributed by atoms with E-state index >= 15 is 0 Å². The number of carbonyl (C=O) groups is 2. The molecule has 0 saturated carbocycles. The Balaban J connectivity index is -0.000000180. The van der Waals surface area contributed by atoms with Crippen LogP contribution >= 0.6 is 0 Å². The first-order valence-corrected chi connectivity index (χ1v) is 3.18. The van der Waals surface area contributed by atoms with E-state index in [1.807, 2.05) is 0 Å². The van der Waals surface area contributed by atoms with Crippen molar-refractivity contribution in [3.8, 4) is 0 Å². The molecule has 0 fully saturated rings. The van der Waals surface area contributed by atoms with Gasteiger partial charge in [0, 0.05) is 0 Å². The number of carboxylic acids is 2. The van der Waals surface area contributed by atoms with Gasteiger partial charge in [0.1, 0.15) is 0 Å². The van der Waals surface area contributed by atoms with Gasteiger partial charge in [-0.1, -0.05) is 0 Å². The zero-order chi connectivity index (χ0) is 9.14. The molecule has 1 aromatic rings. The molecule has 0 amide bonds. The molecule has 0 aliphatic rings. The molecule has 66 valence electrons. The topological polar surface area (TPSA) is 74.6 Å². The monoisotopic (exact) mass is 182 g/mol. The first kappa shape index (κ1) is 15.8. The molecule has 0 unspecified atom stereocenters. The Morgan fingerprint density at radius 2 is 1.07 bits per heavy atom. The first-order valence-electron chi connectivity index (χ1n) is 3.18. The molecule has 0 saturated heterocycles. The maximum atomic E-state index is 10.3. The number of hydrogen-bond acceptors (Lipinski definition) is 2. The summed E-state index contributed by atoms with van der Waals surface area (Å²) in [7, 11) is 0. The van der Waals surface area contributed by atoms with Crippen molar-refractivity contribution >= 4 is 11.9 Å². The average molecular weight is 182 g/mol. The Morgan fingerprint density at radius 3 is 1.21 bits per heavy atom. The van der Waals surface area contributed by atoms with E-state index in [1.165, 1.54) is 24.3 Å². The van der Waals surface area contributed by atoms with Crippen LogP contribution in [-0.4, -0.2) is 22.2 Å². The van der Waals surface area contributed by atoms with Crippen LogP contribution in [0.5, 0.6) is 0 Å². The van der Waals surface area contributed by atoms with Crippen molar-refractivity contribution in [2.24, 2.45) is 0 Å². The molecule has 0 aliphatic heterocycles. The van der Waals surface area contributed by atoms with Gasteiger partial charge in [-0.15, -0.1) is 0 Å². The SMILES string of the molecule is O=C(O)c1ccc(C(=O)O)cc1.[H-].[H-].[Li+].[Li+]. The predicted molar refractivity (Wildman–Crippen MR) is 42.6 cm³/mol. The van der Waals surface area contributed by atoms with Crippen LogP contribution in [-0.2, 0) is 0 Å². The van der Waals surface area contributed by atoms with E-state index in [0.29, 0.717) is 0 Å². The van der Waals surface area contributed by atoms with Gasteiger partial charge in [0.15, 0.2) is 0 Å². The average Bonchev–Trinajstić information content (AvgIpc) is 2.04. The van der Waals surface area contributed by atoms with Gasteiger partial charge in [-0.3, -0.25) is 0 Å². The fourth-order valence-electron chi connectivity index (χ4n) is 0.755. The second-order valence-electron chi connectivity index (χ2n) is 2.19. The minimum Gasteiger partial charge on any atom is -1.00 e. The third kappa shape index (κ3) is 4.04. The molecule has 14 heavy (non-hydrogen) atoms. The standard InChI is InChI=1S/C8H6O4.2Li.2H/c9-7(10)5-1-2-6(4-3-5)8(11)12;;;;/h1-4H,(H,9,10)(H,11,12);;;;/q;2*+1;2*-1. The summed E-state index contributed by atoms with van der Waals surface area (Å²) in [6.07, 6.45) is 0. The van der Waals surface area contributed by atoms with Crippen LogP contribution in [0.1, 0.15) is 23.6 Å². The third-order valence-electron chi connectivity index (χ3n) is 1.38. The number of aromatic carboxylic acids is 2. The van der Waals surface area contributed by atoms with Gasteiger partial charge >= 0.3 is 49.7 Å². The Labute approximate surface area is 108 Å². The molecule has 0 heterocycles. The van der Waals surface area contributed by atoms with E-state index in [4.69, 9.17) is 10.2 Å². The largest absolute Gasteiger partial charge is 1.00 e. The van der Waals surface area contributed by atoms with Gasteiger partial charge in [0.2, 0.25) is 0 Å². The van der Waals surface area contributed by atoms with Crippen molar-refractivity contribution in [3.05, 3.63) is 35.4 Å². The number of carboxylic acid groups (broad SMARTS) is 2. The molecule has 4 nitrogen and oxygen atoms in total. The summed E-state index contributed by atoms with van der Waals surface area (Å²) in [5.74, 6) is -2.13. The van der Waals surface area contributed by atoms with Gasteiger partial charge in [-0.05, 0) is 24.3 Å². The summed E-state index contributed by atoms with van der Waals surface area (Å²) in [6.45, 7) is 0. The maximum absolute atomic E-state index is 10.3. The molecular formula is C8H8Li2O4. The zero-order valence-electron chi connectivity index (χ0n) is 10.0. The summed E-state index contributed by atoms with van der Waals surface area (Å²) in [5, 5.41) is 16.9. The maximum Gasteiger partial charge on any atom is 1.00 e. The van der Waals surface area contributed by atoms with E-state index in [-0.39, 0.29) is 51.7 Å². The van der Waals surface area contributed by atoms with Crippen LogP contribution in [0.2, 0.25) is 0 Å². The molecule has 6 heteroatoms. The minimum atomic E-state index is -1.06. The Kier molecular flexibility index (Phi) is 7.63. The summed E-state index contributed by atoms with van der Waals surface area (Å²) < 4.78 is 0. The first-order chi connectivity index (χ1) is 5.61. The quantitative estimate of drug-likeness (QED) is 0.451. The molecule has 1 rings (SSSR count). The number of rotatable bonds is 2. The second-order valence-corrected chi connectivity index (χ2v) is 2.19. The van der Waals surface area contributed by atoms with Crippen LogP contribution in [0, 0.1) is 0 Å². The van der Waals surface area contributed by atoms with E-state index in [0.717, 1.165) is 0 Å².